The first-order valence-corrected chi connectivity index (χ1v) is 6.23. The molecular formula is C12H13ClN6. The molecule has 98 valence electrons. The number of imidazole rings is 1. The Balaban J connectivity index is 2.25. The normalized spacial score (nSPS) is 13.0. The molecule has 19 heavy (non-hydrogen) atoms. The maximum absolute atomic E-state index is 6.26. The quantitative estimate of drug-likeness (QED) is 0.777. The molecule has 0 bridgehead atoms. The summed E-state index contributed by atoms with van der Waals surface area (Å²) in [4.78, 5) is 4.33. The molecule has 1 aromatic carbocycles. The molecule has 6 nitrogen and oxygen atoms in total. The van der Waals surface area contributed by atoms with Crippen molar-refractivity contribution in [3.05, 3.63) is 35.4 Å². The Hall–Kier alpha value is -2.08. The molecule has 0 saturated carbocycles. The number of halogens is 1. The molecular weight excluding hydrogens is 264 g/mol. The first-order valence-electron chi connectivity index (χ1n) is 5.85. The van der Waals surface area contributed by atoms with Gasteiger partial charge in [0.2, 0.25) is 5.95 Å². The monoisotopic (exact) mass is 276 g/mol. The van der Waals surface area contributed by atoms with Gasteiger partial charge in [-0.3, -0.25) is 4.57 Å². The summed E-state index contributed by atoms with van der Waals surface area (Å²) in [5.74, 6) is 1.21. The fourth-order valence-corrected chi connectivity index (χ4v) is 2.56. The number of hydrogen-bond donors (Lipinski definition) is 1. The molecule has 2 aromatic heterocycles. The van der Waals surface area contributed by atoms with Gasteiger partial charge in [0.1, 0.15) is 6.33 Å². The highest BCUT2D eigenvalue weighted by atomic mass is 35.5. The van der Waals surface area contributed by atoms with E-state index in [0.717, 1.165) is 16.9 Å². The van der Waals surface area contributed by atoms with E-state index >= 15 is 0 Å². The molecule has 0 amide bonds. The number of para-hydroxylation sites is 1. The zero-order valence-electron chi connectivity index (χ0n) is 10.6. The molecule has 7 heteroatoms. The lowest BCUT2D eigenvalue weighted by Crippen LogP contribution is -2.14. The summed E-state index contributed by atoms with van der Waals surface area (Å²) in [7, 11) is 1.89. The minimum Gasteiger partial charge on any atom is -0.369 e. The van der Waals surface area contributed by atoms with E-state index in [0.29, 0.717) is 11.0 Å². The summed E-state index contributed by atoms with van der Waals surface area (Å²) >= 11 is 6.26. The molecule has 1 unspecified atom stereocenters. The highest BCUT2D eigenvalue weighted by molar-refractivity contribution is 6.35. The number of nitrogens with zero attached hydrogens (tertiary/aromatic N) is 5. The Bertz CT molecular complexity index is 744. The second-order valence-corrected chi connectivity index (χ2v) is 4.83. The largest absolute Gasteiger partial charge is 0.369 e. The lowest BCUT2D eigenvalue weighted by atomic mass is 10.2. The second-order valence-electron chi connectivity index (χ2n) is 4.42. The predicted molar refractivity (Wildman–Crippen MR) is 74.0 cm³/mol. The van der Waals surface area contributed by atoms with Crippen LogP contribution in [0.15, 0.2) is 24.5 Å². The van der Waals surface area contributed by atoms with Crippen LogP contribution in [0.25, 0.3) is 11.0 Å². The minimum absolute atomic E-state index is 0.0996. The van der Waals surface area contributed by atoms with Crippen molar-refractivity contribution in [1.29, 1.82) is 0 Å². The number of aryl methyl sites for hydroxylation is 1. The lowest BCUT2D eigenvalue weighted by molar-refractivity contribution is 0.594. The summed E-state index contributed by atoms with van der Waals surface area (Å²) in [5.41, 5.74) is 7.61. The van der Waals surface area contributed by atoms with Crippen molar-refractivity contribution < 1.29 is 0 Å². The van der Waals surface area contributed by atoms with Crippen molar-refractivity contribution in [2.75, 3.05) is 5.73 Å². The van der Waals surface area contributed by atoms with Gasteiger partial charge < -0.3 is 10.3 Å². The first kappa shape index (κ1) is 12.0. The van der Waals surface area contributed by atoms with Gasteiger partial charge in [0.05, 0.1) is 22.1 Å². The Kier molecular flexibility index (Phi) is 2.67. The Morgan fingerprint density at radius 2 is 2.16 bits per heavy atom. The molecule has 0 spiro atoms. The van der Waals surface area contributed by atoms with Crippen LogP contribution in [0.3, 0.4) is 0 Å². The van der Waals surface area contributed by atoms with Crippen LogP contribution >= 0.6 is 11.6 Å². The number of rotatable bonds is 2. The lowest BCUT2D eigenvalue weighted by Gasteiger charge is -2.15. The standard InChI is InChI=1S/C12H13ClN6/c1-7(11-17-15-6-18(11)2)19-10-8(13)4-3-5-9(10)16-12(19)14/h3-7H,1-2H3,(H2,14,16). The average Bonchev–Trinajstić information content (AvgIpc) is 2.92. The molecule has 2 N–H and O–H groups in total. The van der Waals surface area contributed by atoms with E-state index in [-0.39, 0.29) is 6.04 Å². The van der Waals surface area contributed by atoms with E-state index in [1.807, 2.05) is 41.3 Å². The highest BCUT2D eigenvalue weighted by Gasteiger charge is 2.20. The molecule has 3 rings (SSSR count). The van der Waals surface area contributed by atoms with Gasteiger partial charge in [-0.15, -0.1) is 10.2 Å². The van der Waals surface area contributed by atoms with Gasteiger partial charge in [-0.2, -0.15) is 0 Å². The van der Waals surface area contributed by atoms with Gasteiger partial charge in [-0.05, 0) is 19.1 Å². The molecule has 3 aromatic rings. The van der Waals surface area contributed by atoms with Crippen molar-refractivity contribution >= 4 is 28.6 Å². The van der Waals surface area contributed by atoms with E-state index in [4.69, 9.17) is 17.3 Å². The predicted octanol–water partition coefficient (Wildman–Crippen LogP) is 2.01. The van der Waals surface area contributed by atoms with Crippen LogP contribution in [-0.4, -0.2) is 24.3 Å². The number of hydrogen-bond acceptors (Lipinski definition) is 4. The number of aromatic nitrogens is 5. The summed E-state index contributed by atoms with van der Waals surface area (Å²) in [6.07, 6.45) is 1.66. The molecule has 1 atom stereocenters. The molecule has 0 aliphatic heterocycles. The van der Waals surface area contributed by atoms with Gasteiger partial charge in [-0.1, -0.05) is 17.7 Å². The zero-order valence-corrected chi connectivity index (χ0v) is 11.3. The van der Waals surface area contributed by atoms with E-state index in [1.165, 1.54) is 0 Å². The summed E-state index contributed by atoms with van der Waals surface area (Å²) < 4.78 is 3.73. The molecule has 0 aliphatic rings. The Labute approximate surface area is 114 Å². The van der Waals surface area contributed by atoms with E-state index < -0.39 is 0 Å². The first-order chi connectivity index (χ1) is 9.09. The number of benzene rings is 1. The van der Waals surface area contributed by atoms with E-state index in [9.17, 15) is 0 Å². The van der Waals surface area contributed by atoms with Gasteiger partial charge in [-0.25, -0.2) is 4.98 Å². The SMILES string of the molecule is CC(c1nncn1C)n1c(N)nc2cccc(Cl)c21. The topological polar surface area (TPSA) is 74.5 Å². The minimum atomic E-state index is -0.0996. The van der Waals surface area contributed by atoms with Crippen molar-refractivity contribution in [2.24, 2.45) is 7.05 Å². The van der Waals surface area contributed by atoms with Crippen molar-refractivity contribution in [3.8, 4) is 0 Å². The van der Waals surface area contributed by atoms with E-state index in [2.05, 4.69) is 15.2 Å². The number of nitrogen functional groups attached to an aromatic ring is 1. The highest BCUT2D eigenvalue weighted by Crippen LogP contribution is 2.30. The number of anilines is 1. The maximum Gasteiger partial charge on any atom is 0.201 e. The number of fused-ring (bicyclic) bond motifs is 1. The molecule has 0 radical (unpaired) electrons. The smallest absolute Gasteiger partial charge is 0.201 e. The van der Waals surface area contributed by atoms with Gasteiger partial charge in [0.15, 0.2) is 5.82 Å². The van der Waals surface area contributed by atoms with E-state index in [1.54, 1.807) is 6.33 Å². The van der Waals surface area contributed by atoms with Crippen LogP contribution in [0.1, 0.15) is 18.8 Å². The maximum atomic E-state index is 6.26. The van der Waals surface area contributed by atoms with Crippen LogP contribution in [0, 0.1) is 0 Å². The Morgan fingerprint density at radius 3 is 2.84 bits per heavy atom. The van der Waals surface area contributed by atoms with Crippen molar-refractivity contribution in [2.45, 2.75) is 13.0 Å². The van der Waals surface area contributed by atoms with Crippen LogP contribution < -0.4 is 5.73 Å². The number of nitrogens with two attached hydrogens (primary N) is 1. The zero-order chi connectivity index (χ0) is 13.6. The molecule has 0 saturated heterocycles. The third-order valence-electron chi connectivity index (χ3n) is 3.20. The fourth-order valence-electron chi connectivity index (χ4n) is 2.30. The third-order valence-corrected chi connectivity index (χ3v) is 3.50. The average molecular weight is 277 g/mol. The summed E-state index contributed by atoms with van der Waals surface area (Å²) in [5, 5.41) is 8.63. The van der Waals surface area contributed by atoms with Crippen molar-refractivity contribution in [3.63, 3.8) is 0 Å². The van der Waals surface area contributed by atoms with Gasteiger partial charge in [0.25, 0.3) is 0 Å². The Morgan fingerprint density at radius 1 is 1.37 bits per heavy atom. The molecule has 0 aliphatic carbocycles. The second kappa shape index (κ2) is 4.24. The summed E-state index contributed by atoms with van der Waals surface area (Å²) in [6, 6.07) is 5.47. The van der Waals surface area contributed by atoms with Crippen molar-refractivity contribution in [1.82, 2.24) is 24.3 Å². The van der Waals surface area contributed by atoms with Crippen LogP contribution in [0.4, 0.5) is 5.95 Å². The van der Waals surface area contributed by atoms with Gasteiger partial charge in [0, 0.05) is 7.05 Å². The van der Waals surface area contributed by atoms with Crippen LogP contribution in [0.2, 0.25) is 5.02 Å². The molecule has 0 fully saturated rings. The fraction of sp³-hybridized carbons (Fsp3) is 0.250. The molecule has 2 heterocycles. The summed E-state index contributed by atoms with van der Waals surface area (Å²) in [6.45, 7) is 1.99. The van der Waals surface area contributed by atoms with Gasteiger partial charge >= 0.3 is 0 Å². The third kappa shape index (κ3) is 1.76. The van der Waals surface area contributed by atoms with Crippen LogP contribution in [-0.2, 0) is 7.05 Å². The van der Waals surface area contributed by atoms with Crippen LogP contribution in [0.5, 0.6) is 0 Å².